The number of hydrogen-bond donors (Lipinski definition) is 1. The highest BCUT2D eigenvalue weighted by atomic mass is 35.5. The van der Waals surface area contributed by atoms with Gasteiger partial charge in [0.15, 0.2) is 0 Å². The van der Waals surface area contributed by atoms with Crippen molar-refractivity contribution in [3.63, 3.8) is 0 Å². The van der Waals surface area contributed by atoms with Gasteiger partial charge in [-0.3, -0.25) is 9.59 Å². The first kappa shape index (κ1) is 16.5. The van der Waals surface area contributed by atoms with Gasteiger partial charge in [0.05, 0.1) is 5.92 Å². The van der Waals surface area contributed by atoms with Gasteiger partial charge < -0.3 is 10.2 Å². The van der Waals surface area contributed by atoms with E-state index in [2.05, 4.69) is 5.32 Å². The number of nitrogens with one attached hydrogen (secondary N) is 1. The zero-order valence-electron chi connectivity index (χ0n) is 13.5. The zero-order valence-corrected chi connectivity index (χ0v) is 14.2. The van der Waals surface area contributed by atoms with Crippen molar-refractivity contribution < 1.29 is 9.59 Å². The Bertz CT molecular complexity index is 775. The smallest absolute Gasteiger partial charge is 0.227 e. The normalized spacial score (nSPS) is 17.2. The number of anilines is 1. The molecule has 3 rings (SSSR count). The van der Waals surface area contributed by atoms with Crippen molar-refractivity contribution in [1.29, 1.82) is 0 Å². The van der Waals surface area contributed by atoms with E-state index in [0.717, 1.165) is 16.8 Å². The molecule has 1 aliphatic heterocycles. The van der Waals surface area contributed by atoms with Crippen LogP contribution in [-0.4, -0.2) is 18.4 Å². The summed E-state index contributed by atoms with van der Waals surface area (Å²) in [5.74, 6) is -0.461. The minimum absolute atomic E-state index is 0.0153. The van der Waals surface area contributed by atoms with Crippen molar-refractivity contribution in [3.8, 4) is 0 Å². The highest BCUT2D eigenvalue weighted by Crippen LogP contribution is 2.26. The molecule has 1 aliphatic rings. The van der Waals surface area contributed by atoms with Crippen LogP contribution in [0.15, 0.2) is 48.5 Å². The van der Waals surface area contributed by atoms with Gasteiger partial charge in [-0.15, -0.1) is 0 Å². The van der Waals surface area contributed by atoms with E-state index in [1.54, 1.807) is 11.0 Å². The van der Waals surface area contributed by atoms with E-state index >= 15 is 0 Å². The molecule has 1 heterocycles. The van der Waals surface area contributed by atoms with Gasteiger partial charge in [-0.2, -0.15) is 0 Å². The second-order valence-electron chi connectivity index (χ2n) is 6.05. The lowest BCUT2D eigenvalue weighted by Crippen LogP contribution is -2.32. The number of carbonyl (C=O) groups excluding carboxylic acids is 2. The molecular weight excluding hydrogens is 324 g/mol. The van der Waals surface area contributed by atoms with E-state index in [9.17, 15) is 9.59 Å². The summed E-state index contributed by atoms with van der Waals surface area (Å²) < 4.78 is 0. The molecule has 2 aromatic carbocycles. The van der Waals surface area contributed by atoms with Crippen LogP contribution in [0.2, 0.25) is 5.02 Å². The molecule has 2 amide bonds. The predicted molar refractivity (Wildman–Crippen MR) is 94.9 cm³/mol. The largest absolute Gasteiger partial charge is 0.352 e. The molecule has 0 aromatic heterocycles. The molecule has 0 spiro atoms. The third-order valence-electron chi connectivity index (χ3n) is 4.22. The van der Waals surface area contributed by atoms with E-state index in [0.29, 0.717) is 18.1 Å². The summed E-state index contributed by atoms with van der Waals surface area (Å²) in [6, 6.07) is 15.2. The fraction of sp³-hybridized carbons (Fsp3) is 0.263. The average Bonchev–Trinajstić information content (AvgIpc) is 2.96. The summed E-state index contributed by atoms with van der Waals surface area (Å²) in [5, 5.41) is 3.51. The quantitative estimate of drug-likeness (QED) is 0.926. The SMILES string of the molecule is Cc1cccc(N2CC(C(=O)NCc3ccccc3Cl)CC2=O)c1. The van der Waals surface area contributed by atoms with Crippen molar-refractivity contribution in [2.24, 2.45) is 5.92 Å². The third kappa shape index (κ3) is 3.60. The van der Waals surface area contributed by atoms with Crippen LogP contribution < -0.4 is 10.2 Å². The Hall–Kier alpha value is -2.33. The second-order valence-corrected chi connectivity index (χ2v) is 6.46. The fourth-order valence-electron chi connectivity index (χ4n) is 2.90. The number of nitrogens with zero attached hydrogens (tertiary/aromatic N) is 1. The highest BCUT2D eigenvalue weighted by Gasteiger charge is 2.35. The topological polar surface area (TPSA) is 49.4 Å². The van der Waals surface area contributed by atoms with Crippen LogP contribution in [0.4, 0.5) is 5.69 Å². The first-order valence-electron chi connectivity index (χ1n) is 7.93. The Morgan fingerprint density at radius 3 is 2.79 bits per heavy atom. The molecule has 4 nitrogen and oxygen atoms in total. The number of amides is 2. The number of carbonyl (C=O) groups is 2. The molecule has 0 radical (unpaired) electrons. The molecule has 24 heavy (non-hydrogen) atoms. The molecular formula is C19H19ClN2O2. The van der Waals surface area contributed by atoms with E-state index in [-0.39, 0.29) is 24.2 Å². The summed E-state index contributed by atoms with van der Waals surface area (Å²) in [6.45, 7) is 2.77. The van der Waals surface area contributed by atoms with Gasteiger partial charge in [0.1, 0.15) is 0 Å². The van der Waals surface area contributed by atoms with Crippen LogP contribution >= 0.6 is 11.6 Å². The standard InChI is InChI=1S/C19H19ClN2O2/c1-13-5-4-7-16(9-13)22-12-15(10-18(22)23)19(24)21-11-14-6-2-3-8-17(14)20/h2-9,15H,10-12H2,1H3,(H,21,24). The van der Waals surface area contributed by atoms with Gasteiger partial charge in [-0.1, -0.05) is 41.9 Å². The summed E-state index contributed by atoms with van der Waals surface area (Å²) in [6.07, 6.45) is 0.238. The molecule has 1 atom stereocenters. The van der Waals surface area contributed by atoms with Crippen LogP contribution in [0, 0.1) is 12.8 Å². The minimum atomic E-state index is -0.333. The maximum absolute atomic E-state index is 12.4. The van der Waals surface area contributed by atoms with Crippen LogP contribution in [0.3, 0.4) is 0 Å². The number of rotatable bonds is 4. The molecule has 1 unspecified atom stereocenters. The van der Waals surface area contributed by atoms with Crippen molar-refractivity contribution in [2.75, 3.05) is 11.4 Å². The third-order valence-corrected chi connectivity index (χ3v) is 4.59. The Morgan fingerprint density at radius 2 is 2.04 bits per heavy atom. The van der Waals surface area contributed by atoms with E-state index in [1.165, 1.54) is 0 Å². The van der Waals surface area contributed by atoms with E-state index in [1.807, 2.05) is 49.4 Å². The van der Waals surface area contributed by atoms with E-state index < -0.39 is 0 Å². The number of hydrogen-bond acceptors (Lipinski definition) is 2. The lowest BCUT2D eigenvalue weighted by atomic mass is 10.1. The minimum Gasteiger partial charge on any atom is -0.352 e. The maximum Gasteiger partial charge on any atom is 0.227 e. The lowest BCUT2D eigenvalue weighted by Gasteiger charge is -2.17. The van der Waals surface area contributed by atoms with Crippen molar-refractivity contribution in [3.05, 3.63) is 64.7 Å². The van der Waals surface area contributed by atoms with Gasteiger partial charge in [-0.05, 0) is 36.2 Å². The second kappa shape index (κ2) is 7.05. The molecule has 0 saturated carbocycles. The number of halogens is 1. The first-order valence-corrected chi connectivity index (χ1v) is 8.30. The van der Waals surface area contributed by atoms with E-state index in [4.69, 9.17) is 11.6 Å². The molecule has 5 heteroatoms. The molecule has 0 bridgehead atoms. The van der Waals surface area contributed by atoms with Crippen LogP contribution in [0.1, 0.15) is 17.5 Å². The summed E-state index contributed by atoms with van der Waals surface area (Å²) in [7, 11) is 0. The Kier molecular flexibility index (Phi) is 4.86. The van der Waals surface area contributed by atoms with Crippen LogP contribution in [0.25, 0.3) is 0 Å². The summed E-state index contributed by atoms with van der Waals surface area (Å²) in [5.41, 5.74) is 2.81. The van der Waals surface area contributed by atoms with Crippen molar-refractivity contribution >= 4 is 29.1 Å². The molecule has 1 saturated heterocycles. The average molecular weight is 343 g/mol. The number of benzene rings is 2. The fourth-order valence-corrected chi connectivity index (χ4v) is 3.10. The Labute approximate surface area is 146 Å². The lowest BCUT2D eigenvalue weighted by molar-refractivity contribution is -0.126. The van der Waals surface area contributed by atoms with Crippen molar-refractivity contribution in [1.82, 2.24) is 5.32 Å². The van der Waals surface area contributed by atoms with Gasteiger partial charge in [0.25, 0.3) is 0 Å². The molecule has 2 aromatic rings. The van der Waals surface area contributed by atoms with Gasteiger partial charge >= 0.3 is 0 Å². The van der Waals surface area contributed by atoms with Gasteiger partial charge in [0.2, 0.25) is 11.8 Å². The molecule has 1 N–H and O–H groups in total. The molecule has 0 aliphatic carbocycles. The van der Waals surface area contributed by atoms with Gasteiger partial charge in [-0.25, -0.2) is 0 Å². The summed E-state index contributed by atoms with van der Waals surface area (Å²) in [4.78, 5) is 26.3. The van der Waals surface area contributed by atoms with Gasteiger partial charge in [0, 0.05) is 30.2 Å². The van der Waals surface area contributed by atoms with Crippen molar-refractivity contribution in [2.45, 2.75) is 19.9 Å². The van der Waals surface area contributed by atoms with Crippen LogP contribution in [0.5, 0.6) is 0 Å². The number of aryl methyl sites for hydroxylation is 1. The zero-order chi connectivity index (χ0) is 17.1. The summed E-state index contributed by atoms with van der Waals surface area (Å²) >= 11 is 6.09. The molecule has 124 valence electrons. The predicted octanol–water partition coefficient (Wildman–Crippen LogP) is 3.32. The van der Waals surface area contributed by atoms with Crippen LogP contribution in [-0.2, 0) is 16.1 Å². The monoisotopic (exact) mass is 342 g/mol. The Morgan fingerprint density at radius 1 is 1.25 bits per heavy atom. The Balaban J connectivity index is 1.63. The highest BCUT2D eigenvalue weighted by molar-refractivity contribution is 6.31. The molecule has 1 fully saturated rings. The first-order chi connectivity index (χ1) is 11.5. The maximum atomic E-state index is 12.4.